The number of hydrogen-bond donors (Lipinski definition) is 5. The Kier molecular flexibility index (Phi) is 6.30. The van der Waals surface area contributed by atoms with E-state index in [0.29, 0.717) is 29.7 Å². The average molecular weight is 678 g/mol. The van der Waals surface area contributed by atoms with E-state index in [4.69, 9.17) is 30.0 Å². The van der Waals surface area contributed by atoms with Gasteiger partial charge in [0.25, 0.3) is 0 Å². The van der Waals surface area contributed by atoms with Gasteiger partial charge in [0.15, 0.2) is 0 Å². The molecule has 3 atom stereocenters. The lowest BCUT2D eigenvalue weighted by Crippen LogP contribution is -2.39. The minimum atomic E-state index is -1.28. The zero-order valence-electron chi connectivity index (χ0n) is 27.8. The van der Waals surface area contributed by atoms with Gasteiger partial charge >= 0.3 is 0 Å². The number of aromatic amines is 3. The number of nitrogens with zero attached hydrogens (tertiary/aromatic N) is 6. The molecule has 0 radical (unpaired) electrons. The van der Waals surface area contributed by atoms with Crippen molar-refractivity contribution in [2.24, 2.45) is 30.0 Å². The largest absolute Gasteiger partial charge is 0.324 e. The van der Waals surface area contributed by atoms with Gasteiger partial charge in [0.05, 0.1) is 13.2 Å². The van der Waals surface area contributed by atoms with Crippen LogP contribution >= 0.6 is 0 Å². The molecule has 3 aromatic heterocycles. The quantitative estimate of drug-likeness (QED) is 0.168. The summed E-state index contributed by atoms with van der Waals surface area (Å²) in [6.45, 7) is 0.737. The molecule has 0 aliphatic carbocycles. The van der Waals surface area contributed by atoms with E-state index < -0.39 is 18.1 Å². The molecule has 3 unspecified atom stereocenters. The molecule has 52 heavy (non-hydrogen) atoms. The van der Waals surface area contributed by atoms with E-state index in [1.807, 2.05) is 60.7 Å². The van der Waals surface area contributed by atoms with E-state index >= 15 is 0 Å². The summed E-state index contributed by atoms with van der Waals surface area (Å²) in [7, 11) is 0. The van der Waals surface area contributed by atoms with E-state index in [2.05, 4.69) is 86.2 Å². The van der Waals surface area contributed by atoms with Crippen LogP contribution in [0.25, 0.3) is 32.3 Å². The highest BCUT2D eigenvalue weighted by Gasteiger charge is 2.44. The van der Waals surface area contributed by atoms with Crippen LogP contribution in [-0.2, 0) is 12.3 Å². The first kappa shape index (κ1) is 29.2. The number of rotatable bonds is 0. The summed E-state index contributed by atoms with van der Waals surface area (Å²) in [6, 6.07) is 41.3. The number of fused-ring (bicyclic) bond motifs is 17. The molecule has 6 heterocycles. The third kappa shape index (κ3) is 4.46. The van der Waals surface area contributed by atoms with E-state index in [1.165, 1.54) is 0 Å². The van der Waals surface area contributed by atoms with Crippen LogP contribution in [0.15, 0.2) is 151 Å². The van der Waals surface area contributed by atoms with Gasteiger partial charge in [-0.15, -0.1) is 0 Å². The second-order valence-corrected chi connectivity index (χ2v) is 13.3. The Hall–Kier alpha value is -6.56. The van der Waals surface area contributed by atoms with Crippen molar-refractivity contribution in [3.63, 3.8) is 0 Å². The van der Waals surface area contributed by atoms with Gasteiger partial charge in [-0.05, 0) is 11.1 Å². The van der Waals surface area contributed by atoms with Crippen molar-refractivity contribution in [1.29, 1.82) is 0 Å². The monoisotopic (exact) mass is 677 g/mol. The Morgan fingerprint density at radius 1 is 0.462 bits per heavy atom. The molecule has 9 bridgehead atoms. The van der Waals surface area contributed by atoms with Gasteiger partial charge in [-0.2, -0.15) is 0 Å². The van der Waals surface area contributed by atoms with E-state index in [1.54, 1.807) is 0 Å². The van der Waals surface area contributed by atoms with Crippen LogP contribution < -0.4 is 43.6 Å². The number of nitrogens with one attached hydrogen (secondary N) is 5. The molecule has 3 aliphatic rings. The van der Waals surface area contributed by atoms with Gasteiger partial charge in [0.1, 0.15) is 45.3 Å². The van der Waals surface area contributed by atoms with Crippen LogP contribution in [-0.4, -0.2) is 21.6 Å². The SMILES string of the molecule is c1ccc2c(c1)C/N=c1\[nH]/c(c3ccccc13)=N\C13/N=c4\[nH]/c(c5ccccc45)=N\C2NC/N=c2\[nH]/c(c4ccccc24)=N\C(N1)c1ccccc13. The molecule has 3 aliphatic heterocycles. The van der Waals surface area contributed by atoms with Gasteiger partial charge in [-0.3, -0.25) is 15.3 Å². The van der Waals surface area contributed by atoms with E-state index in [9.17, 15) is 0 Å². The van der Waals surface area contributed by atoms with Gasteiger partial charge in [0.2, 0.25) is 5.79 Å². The van der Waals surface area contributed by atoms with Crippen LogP contribution in [0, 0.1) is 0 Å². The minimum absolute atomic E-state index is 0.302. The fourth-order valence-corrected chi connectivity index (χ4v) is 7.90. The third-order valence-electron chi connectivity index (χ3n) is 10.3. The summed E-state index contributed by atoms with van der Waals surface area (Å²) in [5, 5.41) is 13.3. The molecule has 250 valence electrons. The van der Waals surface area contributed by atoms with Crippen molar-refractivity contribution in [2.75, 3.05) is 6.67 Å². The fraction of sp³-hybridized carbons (Fsp3) is 0.122. The summed E-state index contributed by atoms with van der Waals surface area (Å²) < 4.78 is 0. The highest BCUT2D eigenvalue weighted by Crippen LogP contribution is 2.40. The molecule has 0 fully saturated rings. The number of hydrogen-bond acceptors (Lipinski definition) is 8. The lowest BCUT2D eigenvalue weighted by atomic mass is 10.0. The predicted octanol–water partition coefficient (Wildman–Crippen LogP) is 3.43. The highest BCUT2D eigenvalue weighted by molar-refractivity contribution is 5.82. The summed E-state index contributed by atoms with van der Waals surface area (Å²) >= 11 is 0. The van der Waals surface area contributed by atoms with Crippen molar-refractivity contribution >= 4 is 32.3 Å². The van der Waals surface area contributed by atoms with Crippen LogP contribution in [0.2, 0.25) is 0 Å². The molecule has 11 nitrogen and oxygen atoms in total. The minimum Gasteiger partial charge on any atom is -0.324 e. The first-order chi connectivity index (χ1) is 25.7. The zero-order valence-corrected chi connectivity index (χ0v) is 27.8. The Labute approximate surface area is 295 Å². The first-order valence-corrected chi connectivity index (χ1v) is 17.4. The number of aromatic nitrogens is 3. The van der Waals surface area contributed by atoms with Crippen molar-refractivity contribution in [1.82, 2.24) is 25.6 Å². The lowest BCUT2D eigenvalue weighted by molar-refractivity contribution is 0.341. The molecule has 0 saturated carbocycles. The molecule has 0 amide bonds. The molecule has 5 N–H and O–H groups in total. The van der Waals surface area contributed by atoms with Crippen LogP contribution in [0.1, 0.15) is 34.6 Å². The fourth-order valence-electron chi connectivity index (χ4n) is 7.90. The Morgan fingerprint density at radius 3 is 1.62 bits per heavy atom. The topological polar surface area (TPSA) is 146 Å². The maximum atomic E-state index is 5.56. The molecule has 1 spiro atoms. The average Bonchev–Trinajstić information content (AvgIpc) is 3.91. The smallest absolute Gasteiger partial charge is 0.237 e. The van der Waals surface area contributed by atoms with Crippen LogP contribution in [0.5, 0.6) is 0 Å². The lowest BCUT2D eigenvalue weighted by Gasteiger charge is -2.21. The summed E-state index contributed by atoms with van der Waals surface area (Å²) in [5.41, 5.74) is 8.22. The Morgan fingerprint density at radius 2 is 0.942 bits per heavy atom. The first-order valence-electron chi connectivity index (χ1n) is 17.4. The Balaban J connectivity index is 1.34. The van der Waals surface area contributed by atoms with E-state index in [-0.39, 0.29) is 0 Å². The second kappa shape index (κ2) is 11.2. The van der Waals surface area contributed by atoms with E-state index in [0.717, 1.165) is 71.0 Å². The number of H-pyrrole nitrogens is 3. The highest BCUT2D eigenvalue weighted by atomic mass is 15.4. The maximum Gasteiger partial charge on any atom is 0.237 e. The van der Waals surface area contributed by atoms with Crippen molar-refractivity contribution in [2.45, 2.75) is 24.7 Å². The molecule has 11 heteroatoms. The molecular formula is C41H31N11. The van der Waals surface area contributed by atoms with Crippen LogP contribution in [0.3, 0.4) is 0 Å². The van der Waals surface area contributed by atoms with Crippen molar-refractivity contribution in [3.8, 4) is 0 Å². The van der Waals surface area contributed by atoms with Crippen molar-refractivity contribution in [3.05, 3.63) is 177 Å². The zero-order chi connectivity index (χ0) is 34.2. The van der Waals surface area contributed by atoms with Crippen LogP contribution in [0.4, 0.5) is 0 Å². The summed E-state index contributed by atoms with van der Waals surface area (Å²) in [5.74, 6) is -1.28. The predicted molar refractivity (Wildman–Crippen MR) is 197 cm³/mol. The maximum absolute atomic E-state index is 5.56. The molecular weight excluding hydrogens is 647 g/mol. The van der Waals surface area contributed by atoms with Gasteiger partial charge in [0, 0.05) is 43.4 Å². The summed E-state index contributed by atoms with van der Waals surface area (Å²) in [6.07, 6.45) is -0.945. The normalized spacial score (nSPS) is 24.5. The summed E-state index contributed by atoms with van der Waals surface area (Å²) in [4.78, 5) is 42.8. The molecule has 11 rings (SSSR count). The standard InChI is InChI=1S/C41H31N11/c1-2-12-24-23(11-1)21-42-34-26-14-4-7-17-29(26)38(47-34)50-41-32-20-10-9-19-31(32)40(52-41)49-36-27-15-5-3-13-25(27)35(46-36)44-22-43-33(24)45-37-28-16-6-8-18-30(28)39(48-37)51-41/h1-20,33,40,43,52H,21-22H2,(H,42,47,50)(H,44,46,49)(H,45,48,51). The van der Waals surface area contributed by atoms with Crippen molar-refractivity contribution < 1.29 is 0 Å². The molecule has 8 aromatic rings. The van der Waals surface area contributed by atoms with Gasteiger partial charge in [-0.25, -0.2) is 25.3 Å². The van der Waals surface area contributed by atoms with Gasteiger partial charge < -0.3 is 15.0 Å². The second-order valence-electron chi connectivity index (χ2n) is 13.3. The molecule has 0 saturated heterocycles. The molecule has 5 aromatic carbocycles. The Bertz CT molecular complexity index is 3140. The third-order valence-corrected chi connectivity index (χ3v) is 10.3. The number of benzene rings is 5. The van der Waals surface area contributed by atoms with Gasteiger partial charge in [-0.1, -0.05) is 121 Å².